The van der Waals surface area contributed by atoms with Crippen molar-refractivity contribution in [2.24, 2.45) is 16.8 Å². The molecular weight excluding hydrogens is 288 g/mol. The third-order valence-corrected chi connectivity index (χ3v) is 5.64. The minimum Gasteiger partial charge on any atom is -0.373 e. The van der Waals surface area contributed by atoms with Gasteiger partial charge >= 0.3 is 0 Å². The molecule has 2 N–H and O–H groups in total. The van der Waals surface area contributed by atoms with Crippen LogP contribution >= 0.6 is 0 Å². The molecule has 3 atom stereocenters. The standard InChI is InChI=1S/C17H24N6/c18-7-5-15(12-3-1-2-4-12)23-10-13(9-22-23)16-14-6-8-19-17(14)21-11-20-16/h9-10,12,14-16,20H,1-6,8,11H2,(H,19,21)/t14?,15-,16?/m1/s1. The molecule has 3 aliphatic rings. The lowest BCUT2D eigenvalue weighted by atomic mass is 9.92. The molecule has 2 aliphatic heterocycles. The fourth-order valence-corrected chi connectivity index (χ4v) is 4.45. The fraction of sp³-hybridized carbons (Fsp3) is 0.706. The highest BCUT2D eigenvalue weighted by atomic mass is 15.3. The quantitative estimate of drug-likeness (QED) is 0.893. The molecule has 0 bridgehead atoms. The zero-order chi connectivity index (χ0) is 15.6. The van der Waals surface area contributed by atoms with Crippen LogP contribution < -0.4 is 10.6 Å². The first-order valence-electron chi connectivity index (χ1n) is 8.79. The molecule has 0 spiro atoms. The number of hydrogen-bond donors (Lipinski definition) is 2. The van der Waals surface area contributed by atoms with Crippen molar-refractivity contribution in [1.82, 2.24) is 20.4 Å². The molecule has 1 aromatic rings. The Hall–Kier alpha value is -1.87. The number of nitrogens with zero attached hydrogens (tertiary/aromatic N) is 4. The molecule has 23 heavy (non-hydrogen) atoms. The number of nitriles is 1. The summed E-state index contributed by atoms with van der Waals surface area (Å²) in [6.45, 7) is 1.67. The van der Waals surface area contributed by atoms with Crippen LogP contribution in [0.4, 0.5) is 0 Å². The van der Waals surface area contributed by atoms with E-state index in [1.54, 1.807) is 0 Å². The Kier molecular flexibility index (Phi) is 4.04. The Morgan fingerprint density at radius 3 is 3.04 bits per heavy atom. The number of amidine groups is 1. The minimum atomic E-state index is 0.231. The molecule has 0 radical (unpaired) electrons. The van der Waals surface area contributed by atoms with Crippen molar-refractivity contribution in [2.75, 3.05) is 13.2 Å². The van der Waals surface area contributed by atoms with Crippen LogP contribution in [0.5, 0.6) is 0 Å². The van der Waals surface area contributed by atoms with Crippen LogP contribution in [0, 0.1) is 23.2 Å². The Balaban J connectivity index is 1.55. The maximum atomic E-state index is 9.21. The fourth-order valence-electron chi connectivity index (χ4n) is 4.45. The molecule has 4 rings (SSSR count). The normalized spacial score (nSPS) is 28.7. The van der Waals surface area contributed by atoms with E-state index in [-0.39, 0.29) is 12.1 Å². The second-order valence-corrected chi connectivity index (χ2v) is 6.93. The second-order valence-electron chi connectivity index (χ2n) is 6.93. The van der Waals surface area contributed by atoms with E-state index in [0.717, 1.165) is 18.8 Å². The zero-order valence-electron chi connectivity index (χ0n) is 13.4. The third kappa shape index (κ3) is 2.74. The van der Waals surface area contributed by atoms with E-state index in [9.17, 15) is 5.26 Å². The van der Waals surface area contributed by atoms with E-state index in [0.29, 0.717) is 24.9 Å². The van der Waals surface area contributed by atoms with Gasteiger partial charge < -0.3 is 5.32 Å². The van der Waals surface area contributed by atoms with Gasteiger partial charge in [-0.05, 0) is 25.2 Å². The van der Waals surface area contributed by atoms with E-state index in [1.165, 1.54) is 31.2 Å². The van der Waals surface area contributed by atoms with Crippen LogP contribution in [0.15, 0.2) is 17.4 Å². The topological polar surface area (TPSA) is 78.0 Å². The van der Waals surface area contributed by atoms with Crippen molar-refractivity contribution < 1.29 is 0 Å². The van der Waals surface area contributed by atoms with Crippen LogP contribution in [0.3, 0.4) is 0 Å². The molecule has 1 aliphatic carbocycles. The first-order chi connectivity index (χ1) is 11.4. The predicted octanol–water partition coefficient (Wildman–Crippen LogP) is 2.14. The maximum Gasteiger partial charge on any atom is 0.103 e. The summed E-state index contributed by atoms with van der Waals surface area (Å²) < 4.78 is 2.06. The lowest BCUT2D eigenvalue weighted by Gasteiger charge is -2.27. The van der Waals surface area contributed by atoms with E-state index in [2.05, 4.69) is 37.7 Å². The van der Waals surface area contributed by atoms with E-state index < -0.39 is 0 Å². The molecule has 1 aromatic heterocycles. The summed E-state index contributed by atoms with van der Waals surface area (Å²) in [4.78, 5) is 4.53. The van der Waals surface area contributed by atoms with Gasteiger partial charge in [-0.3, -0.25) is 15.0 Å². The summed E-state index contributed by atoms with van der Waals surface area (Å²) in [5.74, 6) is 2.18. The Morgan fingerprint density at radius 2 is 2.22 bits per heavy atom. The van der Waals surface area contributed by atoms with E-state index in [4.69, 9.17) is 0 Å². The van der Waals surface area contributed by atoms with Crippen molar-refractivity contribution in [1.29, 1.82) is 5.26 Å². The second kappa shape index (κ2) is 6.32. The van der Waals surface area contributed by atoms with Crippen molar-refractivity contribution in [3.8, 4) is 6.07 Å². The van der Waals surface area contributed by atoms with Gasteiger partial charge in [0.1, 0.15) is 5.84 Å². The first kappa shape index (κ1) is 14.7. The van der Waals surface area contributed by atoms with Crippen LogP contribution in [0.1, 0.15) is 56.2 Å². The number of nitrogens with one attached hydrogen (secondary N) is 2. The van der Waals surface area contributed by atoms with Gasteiger partial charge in [-0.25, -0.2) is 0 Å². The summed E-state index contributed by atoms with van der Waals surface area (Å²) in [6, 6.07) is 2.88. The Labute approximate surface area is 137 Å². The molecule has 3 heterocycles. The number of aliphatic imine (C=N–C) groups is 1. The van der Waals surface area contributed by atoms with Gasteiger partial charge in [0, 0.05) is 30.3 Å². The molecule has 1 saturated carbocycles. The summed E-state index contributed by atoms with van der Waals surface area (Å²) in [5, 5.41) is 20.8. The number of fused-ring (bicyclic) bond motifs is 1. The van der Waals surface area contributed by atoms with Gasteiger partial charge in [0.2, 0.25) is 0 Å². The van der Waals surface area contributed by atoms with E-state index >= 15 is 0 Å². The number of aromatic nitrogens is 2. The van der Waals surface area contributed by atoms with Crippen molar-refractivity contribution >= 4 is 5.84 Å². The average molecular weight is 312 g/mol. The highest BCUT2D eigenvalue weighted by Gasteiger charge is 2.35. The monoisotopic (exact) mass is 312 g/mol. The summed E-state index contributed by atoms with van der Waals surface area (Å²) in [5.41, 5.74) is 1.23. The van der Waals surface area contributed by atoms with Gasteiger partial charge in [-0.1, -0.05) is 12.8 Å². The highest BCUT2D eigenvalue weighted by Crippen LogP contribution is 2.37. The molecule has 2 fully saturated rings. The zero-order valence-corrected chi connectivity index (χ0v) is 13.4. The summed E-state index contributed by atoms with van der Waals surface area (Å²) in [7, 11) is 0. The molecule has 1 saturated heterocycles. The van der Waals surface area contributed by atoms with Gasteiger partial charge in [0.05, 0.1) is 31.4 Å². The lowest BCUT2D eigenvalue weighted by molar-refractivity contribution is 0.314. The molecule has 6 nitrogen and oxygen atoms in total. The minimum absolute atomic E-state index is 0.231. The van der Waals surface area contributed by atoms with Crippen molar-refractivity contribution in [3.63, 3.8) is 0 Å². The molecular formula is C17H24N6. The van der Waals surface area contributed by atoms with Crippen LogP contribution in [-0.4, -0.2) is 28.8 Å². The molecule has 0 amide bonds. The summed E-state index contributed by atoms with van der Waals surface area (Å²) >= 11 is 0. The highest BCUT2D eigenvalue weighted by molar-refractivity contribution is 5.87. The van der Waals surface area contributed by atoms with Gasteiger partial charge in [0.25, 0.3) is 0 Å². The summed E-state index contributed by atoms with van der Waals surface area (Å²) in [6.07, 6.45) is 10.9. The SMILES string of the molecule is N#CC[C@H](C1CCCC1)n1cc(C2NCN=C3NCCC32)cn1. The molecule has 6 heteroatoms. The third-order valence-electron chi connectivity index (χ3n) is 5.64. The Morgan fingerprint density at radius 1 is 1.35 bits per heavy atom. The van der Waals surface area contributed by atoms with E-state index in [1.807, 2.05) is 6.20 Å². The van der Waals surface area contributed by atoms with Gasteiger partial charge in [0.15, 0.2) is 0 Å². The van der Waals surface area contributed by atoms with Crippen LogP contribution in [0.25, 0.3) is 0 Å². The smallest absolute Gasteiger partial charge is 0.103 e. The first-order valence-corrected chi connectivity index (χ1v) is 8.79. The van der Waals surface area contributed by atoms with Crippen molar-refractivity contribution in [3.05, 3.63) is 18.0 Å². The largest absolute Gasteiger partial charge is 0.373 e. The molecule has 0 aromatic carbocycles. The van der Waals surface area contributed by atoms with Crippen LogP contribution in [0.2, 0.25) is 0 Å². The molecule has 2 unspecified atom stereocenters. The van der Waals surface area contributed by atoms with Gasteiger partial charge in [-0.15, -0.1) is 0 Å². The maximum absolute atomic E-state index is 9.21. The number of rotatable bonds is 4. The average Bonchev–Trinajstić information content (AvgIpc) is 3.32. The predicted molar refractivity (Wildman–Crippen MR) is 87.7 cm³/mol. The van der Waals surface area contributed by atoms with Gasteiger partial charge in [-0.2, -0.15) is 10.4 Å². The lowest BCUT2D eigenvalue weighted by Crippen LogP contribution is -2.38. The van der Waals surface area contributed by atoms with Crippen LogP contribution in [-0.2, 0) is 0 Å². The number of hydrogen-bond acceptors (Lipinski definition) is 5. The Bertz CT molecular complexity index is 621. The molecule has 122 valence electrons. The van der Waals surface area contributed by atoms with Crippen molar-refractivity contribution in [2.45, 2.75) is 50.6 Å².